The van der Waals surface area contributed by atoms with Gasteiger partial charge < -0.3 is 5.32 Å². The molecule has 0 fully saturated rings. The number of thioether (sulfide) groups is 1. The molecule has 3 aromatic rings. The van der Waals surface area contributed by atoms with E-state index in [4.69, 9.17) is 0 Å². The fraction of sp³-hybridized carbons (Fsp3) is 0.300. The van der Waals surface area contributed by atoms with E-state index in [1.165, 1.54) is 23.9 Å². The van der Waals surface area contributed by atoms with Crippen molar-refractivity contribution in [3.63, 3.8) is 0 Å². The zero-order valence-electron chi connectivity index (χ0n) is 16.0. The van der Waals surface area contributed by atoms with Gasteiger partial charge in [0.2, 0.25) is 11.1 Å². The molecule has 0 radical (unpaired) electrons. The molecule has 6 nitrogen and oxygen atoms in total. The number of rotatable bonds is 7. The largest absolute Gasteiger partial charge is 0.355 e. The topological polar surface area (TPSA) is 72.7 Å². The molecule has 8 heteroatoms. The van der Waals surface area contributed by atoms with Gasteiger partial charge in [-0.3, -0.25) is 4.79 Å². The van der Waals surface area contributed by atoms with Crippen LogP contribution in [-0.4, -0.2) is 37.9 Å². The van der Waals surface area contributed by atoms with Crippen LogP contribution in [0.1, 0.15) is 23.6 Å². The third kappa shape index (κ3) is 4.75. The Morgan fingerprint density at radius 3 is 2.54 bits per heavy atom. The first-order chi connectivity index (χ1) is 13.5. The molecule has 0 aliphatic carbocycles. The van der Waals surface area contributed by atoms with Crippen molar-refractivity contribution in [1.29, 1.82) is 0 Å². The molecule has 1 N–H and O–H groups in total. The summed E-state index contributed by atoms with van der Waals surface area (Å²) in [4.78, 5) is 12.4. The van der Waals surface area contributed by atoms with E-state index < -0.39 is 0 Å². The molecule has 1 atom stereocenters. The number of amides is 1. The molecular formula is C20H22FN5OS. The molecule has 1 heterocycles. The van der Waals surface area contributed by atoms with Crippen molar-refractivity contribution >= 4 is 17.7 Å². The number of hydrogen-bond acceptors (Lipinski definition) is 5. The van der Waals surface area contributed by atoms with E-state index in [-0.39, 0.29) is 17.0 Å². The lowest BCUT2D eigenvalue weighted by Crippen LogP contribution is -2.32. The summed E-state index contributed by atoms with van der Waals surface area (Å²) in [5, 5.41) is 15.1. The molecule has 0 unspecified atom stereocenters. The van der Waals surface area contributed by atoms with Crippen LogP contribution in [0.25, 0.3) is 5.69 Å². The Morgan fingerprint density at radius 2 is 1.86 bits per heavy atom. The Hall–Kier alpha value is -2.74. The number of benzene rings is 2. The monoisotopic (exact) mass is 399 g/mol. The van der Waals surface area contributed by atoms with Gasteiger partial charge in [0, 0.05) is 6.54 Å². The van der Waals surface area contributed by atoms with Gasteiger partial charge in [-0.25, -0.2) is 4.39 Å². The van der Waals surface area contributed by atoms with Crippen LogP contribution in [0.3, 0.4) is 0 Å². The van der Waals surface area contributed by atoms with Crippen LogP contribution in [-0.2, 0) is 11.2 Å². The maximum absolute atomic E-state index is 12.9. The number of aromatic nitrogens is 4. The number of aryl methyl sites for hydroxylation is 2. The first kappa shape index (κ1) is 20.0. The minimum absolute atomic E-state index is 0.0943. The Labute approximate surface area is 167 Å². The van der Waals surface area contributed by atoms with Gasteiger partial charge in [-0.1, -0.05) is 42.1 Å². The summed E-state index contributed by atoms with van der Waals surface area (Å²) in [6, 6.07) is 12.3. The smallest absolute Gasteiger partial charge is 0.233 e. The van der Waals surface area contributed by atoms with Gasteiger partial charge in [0.15, 0.2) is 0 Å². The third-order valence-corrected chi connectivity index (χ3v) is 5.40. The van der Waals surface area contributed by atoms with Gasteiger partial charge in [-0.15, -0.1) is 5.10 Å². The SMILES string of the molecule is Cc1cccc(C)c1-n1nnnc1S[C@H](C)C(=O)NCCc1ccc(F)cc1. The predicted octanol–water partition coefficient (Wildman–Crippen LogP) is 3.26. The van der Waals surface area contributed by atoms with Gasteiger partial charge in [-0.2, -0.15) is 4.68 Å². The highest BCUT2D eigenvalue weighted by molar-refractivity contribution is 8.00. The maximum Gasteiger partial charge on any atom is 0.233 e. The molecule has 2 aromatic carbocycles. The fourth-order valence-corrected chi connectivity index (χ4v) is 3.69. The average Bonchev–Trinajstić information content (AvgIpc) is 3.11. The lowest BCUT2D eigenvalue weighted by Gasteiger charge is -2.13. The first-order valence-corrected chi connectivity index (χ1v) is 9.87. The normalized spacial score (nSPS) is 12.0. The van der Waals surface area contributed by atoms with Crippen LogP contribution < -0.4 is 5.32 Å². The molecule has 0 aliphatic rings. The number of hydrogen-bond donors (Lipinski definition) is 1. The molecule has 0 spiro atoms. The van der Waals surface area contributed by atoms with Crippen molar-refractivity contribution in [2.24, 2.45) is 0 Å². The van der Waals surface area contributed by atoms with Crippen molar-refractivity contribution in [2.75, 3.05) is 6.54 Å². The summed E-state index contributed by atoms with van der Waals surface area (Å²) in [7, 11) is 0. The molecule has 146 valence electrons. The molecule has 3 rings (SSSR count). The van der Waals surface area contributed by atoms with Gasteiger partial charge in [0.1, 0.15) is 5.82 Å². The minimum atomic E-state index is -0.359. The number of para-hydroxylation sites is 1. The second-order valence-corrected chi connectivity index (χ2v) is 7.85. The van der Waals surface area contributed by atoms with E-state index >= 15 is 0 Å². The average molecular weight is 399 g/mol. The standard InChI is InChI=1S/C20H22FN5OS/c1-13-5-4-6-14(2)18(13)26-20(23-24-25-26)28-15(3)19(27)22-12-11-16-7-9-17(21)10-8-16/h4-10,15H,11-12H2,1-3H3,(H,22,27)/t15-/m1/s1. The summed E-state index contributed by atoms with van der Waals surface area (Å²) < 4.78 is 14.6. The summed E-state index contributed by atoms with van der Waals surface area (Å²) in [5.41, 5.74) is 4.02. The maximum atomic E-state index is 12.9. The van der Waals surface area contributed by atoms with Crippen LogP contribution in [0.5, 0.6) is 0 Å². The second-order valence-electron chi connectivity index (χ2n) is 6.54. The van der Waals surface area contributed by atoms with Crippen LogP contribution in [0.4, 0.5) is 4.39 Å². The number of carbonyl (C=O) groups excluding carboxylic acids is 1. The van der Waals surface area contributed by atoms with Crippen LogP contribution >= 0.6 is 11.8 Å². The van der Waals surface area contributed by atoms with E-state index in [2.05, 4.69) is 20.8 Å². The van der Waals surface area contributed by atoms with Gasteiger partial charge in [-0.05, 0) is 66.4 Å². The zero-order valence-corrected chi connectivity index (χ0v) is 16.8. The molecule has 0 saturated heterocycles. The molecule has 1 amide bonds. The summed E-state index contributed by atoms with van der Waals surface area (Å²) >= 11 is 1.31. The lowest BCUT2D eigenvalue weighted by atomic mass is 10.1. The first-order valence-electron chi connectivity index (χ1n) is 8.99. The van der Waals surface area contributed by atoms with E-state index in [1.807, 2.05) is 39.0 Å². The summed E-state index contributed by atoms with van der Waals surface area (Å²) in [6.07, 6.45) is 0.642. The van der Waals surface area contributed by atoms with Gasteiger partial charge in [0.05, 0.1) is 10.9 Å². The van der Waals surface area contributed by atoms with E-state index in [0.29, 0.717) is 18.1 Å². The molecule has 0 saturated carbocycles. The highest BCUT2D eigenvalue weighted by Crippen LogP contribution is 2.26. The van der Waals surface area contributed by atoms with E-state index in [9.17, 15) is 9.18 Å². The highest BCUT2D eigenvalue weighted by Gasteiger charge is 2.20. The Bertz CT molecular complexity index is 937. The second kappa shape index (κ2) is 8.97. The van der Waals surface area contributed by atoms with E-state index in [1.54, 1.807) is 16.8 Å². The number of halogens is 1. The molecule has 1 aromatic heterocycles. The fourth-order valence-electron chi connectivity index (χ4n) is 2.87. The summed E-state index contributed by atoms with van der Waals surface area (Å²) in [5.74, 6) is -0.359. The van der Waals surface area contributed by atoms with Crippen molar-refractivity contribution in [1.82, 2.24) is 25.5 Å². The van der Waals surface area contributed by atoms with Gasteiger partial charge in [0.25, 0.3) is 0 Å². The third-order valence-electron chi connectivity index (χ3n) is 4.37. The molecule has 0 aliphatic heterocycles. The van der Waals surface area contributed by atoms with Crippen molar-refractivity contribution < 1.29 is 9.18 Å². The van der Waals surface area contributed by atoms with Crippen molar-refractivity contribution in [3.05, 3.63) is 65.0 Å². The van der Waals surface area contributed by atoms with Gasteiger partial charge >= 0.3 is 0 Å². The van der Waals surface area contributed by atoms with Crippen molar-refractivity contribution in [2.45, 2.75) is 37.6 Å². The van der Waals surface area contributed by atoms with Crippen LogP contribution in [0.2, 0.25) is 0 Å². The molecular weight excluding hydrogens is 377 g/mol. The Balaban J connectivity index is 1.60. The number of carbonyl (C=O) groups is 1. The van der Waals surface area contributed by atoms with Crippen molar-refractivity contribution in [3.8, 4) is 5.69 Å². The Kier molecular flexibility index (Phi) is 6.41. The molecule has 28 heavy (non-hydrogen) atoms. The number of tetrazole rings is 1. The quantitative estimate of drug-likeness (QED) is 0.618. The lowest BCUT2D eigenvalue weighted by molar-refractivity contribution is -0.120. The molecule has 0 bridgehead atoms. The highest BCUT2D eigenvalue weighted by atomic mass is 32.2. The zero-order chi connectivity index (χ0) is 20.1. The minimum Gasteiger partial charge on any atom is -0.355 e. The number of nitrogens with one attached hydrogen (secondary N) is 1. The van der Waals surface area contributed by atoms with Crippen LogP contribution in [0.15, 0.2) is 47.6 Å². The predicted molar refractivity (Wildman–Crippen MR) is 107 cm³/mol. The number of nitrogens with zero attached hydrogens (tertiary/aromatic N) is 4. The summed E-state index contributed by atoms with van der Waals surface area (Å²) in [6.45, 7) is 6.31. The van der Waals surface area contributed by atoms with E-state index in [0.717, 1.165) is 22.4 Å². The Morgan fingerprint density at radius 1 is 1.18 bits per heavy atom. The van der Waals surface area contributed by atoms with Crippen LogP contribution in [0, 0.1) is 19.7 Å².